The summed E-state index contributed by atoms with van der Waals surface area (Å²) in [6, 6.07) is 7.81. The predicted octanol–water partition coefficient (Wildman–Crippen LogP) is 6.70. The van der Waals surface area contributed by atoms with Crippen molar-refractivity contribution in [3.8, 4) is 5.75 Å². The lowest BCUT2D eigenvalue weighted by Crippen LogP contribution is -2.35. The van der Waals surface area contributed by atoms with Crippen molar-refractivity contribution in [1.82, 2.24) is 0 Å². The summed E-state index contributed by atoms with van der Waals surface area (Å²) in [5.41, 5.74) is 1.19. The van der Waals surface area contributed by atoms with E-state index in [0.29, 0.717) is 5.75 Å². The van der Waals surface area contributed by atoms with Gasteiger partial charge >= 0.3 is 5.97 Å². The first kappa shape index (κ1) is 19.5. The van der Waals surface area contributed by atoms with Gasteiger partial charge in [-0.15, -0.1) is 0 Å². The first-order valence-electron chi connectivity index (χ1n) is 10.9. The second-order valence-electron chi connectivity index (χ2n) is 8.79. The minimum Gasteiger partial charge on any atom is -0.426 e. The molecule has 1 aromatic rings. The van der Waals surface area contributed by atoms with Crippen LogP contribution in [0.2, 0.25) is 0 Å². The Balaban J connectivity index is 1.44. The van der Waals surface area contributed by atoms with Crippen LogP contribution in [0.5, 0.6) is 5.75 Å². The van der Waals surface area contributed by atoms with E-state index < -0.39 is 0 Å². The molecule has 2 aliphatic carbocycles. The van der Waals surface area contributed by atoms with Gasteiger partial charge in [0.1, 0.15) is 5.75 Å². The van der Waals surface area contributed by atoms with Crippen LogP contribution in [0.4, 0.5) is 0 Å². The summed E-state index contributed by atoms with van der Waals surface area (Å²) in [4.78, 5) is 12.6. The molecule has 1 aromatic carbocycles. The second kappa shape index (κ2) is 9.58. The average molecular weight is 357 g/mol. The fourth-order valence-corrected chi connectivity index (χ4v) is 5.13. The average Bonchev–Trinajstić information content (AvgIpc) is 2.66. The molecule has 2 nitrogen and oxygen atoms in total. The van der Waals surface area contributed by atoms with Gasteiger partial charge in [0, 0.05) is 0 Å². The van der Waals surface area contributed by atoms with Gasteiger partial charge in [0.05, 0.1) is 5.92 Å². The molecule has 2 saturated carbocycles. The molecule has 2 aliphatic rings. The van der Waals surface area contributed by atoms with Gasteiger partial charge in [-0.1, -0.05) is 63.1 Å². The Bertz CT molecular complexity index is 562. The van der Waals surface area contributed by atoms with Crippen LogP contribution in [0.1, 0.15) is 83.1 Å². The summed E-state index contributed by atoms with van der Waals surface area (Å²) in [5.74, 6) is 3.37. The fraction of sp³-hybridized carbons (Fsp3) is 0.708. The number of fused-ring (bicyclic) bond motifs is 1. The van der Waals surface area contributed by atoms with Crippen LogP contribution < -0.4 is 4.74 Å². The van der Waals surface area contributed by atoms with Gasteiger partial charge in [-0.05, 0) is 68.9 Å². The number of aryl methyl sites for hydroxylation is 1. The molecule has 2 fully saturated rings. The third-order valence-electron chi connectivity index (χ3n) is 6.76. The zero-order valence-electron chi connectivity index (χ0n) is 16.7. The molecule has 0 N–H and O–H groups in total. The van der Waals surface area contributed by atoms with Crippen LogP contribution in [0.25, 0.3) is 0 Å². The van der Waals surface area contributed by atoms with Gasteiger partial charge in [0.2, 0.25) is 0 Å². The number of ether oxygens (including phenoxy) is 1. The number of unbranched alkanes of at least 4 members (excludes halogenated alkanes) is 3. The number of hydrogen-bond donors (Lipinski definition) is 0. The lowest BCUT2D eigenvalue weighted by atomic mass is 9.64. The Hall–Kier alpha value is -1.31. The molecule has 0 aromatic heterocycles. The van der Waals surface area contributed by atoms with Crippen molar-refractivity contribution in [2.45, 2.75) is 84.5 Å². The highest BCUT2D eigenvalue weighted by atomic mass is 16.5. The molecule has 2 heteroatoms. The van der Waals surface area contributed by atoms with Gasteiger partial charge in [0.15, 0.2) is 0 Å². The number of carbonyl (C=O) groups is 1. The highest BCUT2D eigenvalue weighted by molar-refractivity contribution is 5.75. The van der Waals surface area contributed by atoms with E-state index in [1.165, 1.54) is 63.4 Å². The molecule has 0 bridgehead atoms. The zero-order chi connectivity index (χ0) is 18.4. The second-order valence-corrected chi connectivity index (χ2v) is 8.79. The summed E-state index contributed by atoms with van der Waals surface area (Å²) in [6.45, 7) is 4.33. The van der Waals surface area contributed by atoms with Gasteiger partial charge < -0.3 is 4.74 Å². The van der Waals surface area contributed by atoms with Crippen molar-refractivity contribution < 1.29 is 9.53 Å². The van der Waals surface area contributed by atoms with Crippen LogP contribution in [-0.2, 0) is 4.79 Å². The molecule has 3 rings (SSSR count). The normalized spacial score (nSPS) is 28.4. The maximum absolute atomic E-state index is 12.6. The number of carbonyl (C=O) groups excluding carboxylic acids is 1. The van der Waals surface area contributed by atoms with Gasteiger partial charge in [-0.25, -0.2) is 0 Å². The lowest BCUT2D eigenvalue weighted by molar-refractivity contribution is -0.141. The molecular weight excluding hydrogens is 320 g/mol. The minimum absolute atomic E-state index is 0.00556. The molecule has 4 atom stereocenters. The minimum atomic E-state index is -0.00556. The number of benzene rings is 1. The number of esters is 1. The third-order valence-corrected chi connectivity index (χ3v) is 6.76. The van der Waals surface area contributed by atoms with E-state index >= 15 is 0 Å². The summed E-state index contributed by atoms with van der Waals surface area (Å²) in [6.07, 6.45) is 14.4. The molecule has 144 valence electrons. The first-order chi connectivity index (χ1) is 12.7. The first-order valence-corrected chi connectivity index (χ1v) is 10.9. The molecule has 0 heterocycles. The molecular formula is C24H36O2. The van der Waals surface area contributed by atoms with Crippen LogP contribution >= 0.6 is 0 Å². The maximum atomic E-state index is 12.6. The van der Waals surface area contributed by atoms with Crippen molar-refractivity contribution in [2.24, 2.45) is 23.7 Å². The van der Waals surface area contributed by atoms with Crippen molar-refractivity contribution in [3.05, 3.63) is 29.8 Å². The van der Waals surface area contributed by atoms with Gasteiger partial charge in [-0.2, -0.15) is 0 Å². The van der Waals surface area contributed by atoms with Crippen molar-refractivity contribution in [2.75, 3.05) is 0 Å². The summed E-state index contributed by atoms with van der Waals surface area (Å²) in [7, 11) is 0. The standard InChI is InChI=1S/C24H36O2/c1-3-4-5-6-7-19-10-11-21-17-22(13-12-20(21)16-19)24(25)26-23-14-8-18(2)9-15-23/h8-9,14-15,19-22H,3-7,10-13,16-17H2,1-2H3. The maximum Gasteiger partial charge on any atom is 0.314 e. The van der Waals surface area contributed by atoms with E-state index in [0.717, 1.165) is 30.6 Å². The SMILES string of the molecule is CCCCCCC1CCC2CC(C(=O)Oc3ccc(C)cc3)CCC2C1. The lowest BCUT2D eigenvalue weighted by Gasteiger charge is -2.41. The van der Waals surface area contributed by atoms with E-state index in [-0.39, 0.29) is 11.9 Å². The summed E-state index contributed by atoms with van der Waals surface area (Å²) >= 11 is 0. The fourth-order valence-electron chi connectivity index (χ4n) is 5.13. The van der Waals surface area contributed by atoms with Crippen LogP contribution in [0, 0.1) is 30.6 Å². The molecule has 0 saturated heterocycles. The van der Waals surface area contributed by atoms with E-state index in [1.807, 2.05) is 31.2 Å². The van der Waals surface area contributed by atoms with E-state index in [2.05, 4.69) is 6.92 Å². The topological polar surface area (TPSA) is 26.3 Å². The molecule has 0 radical (unpaired) electrons. The Morgan fingerprint density at radius 1 is 0.962 bits per heavy atom. The Kier molecular flexibility index (Phi) is 7.16. The van der Waals surface area contributed by atoms with Crippen LogP contribution in [0.15, 0.2) is 24.3 Å². The van der Waals surface area contributed by atoms with Gasteiger partial charge in [0.25, 0.3) is 0 Å². The predicted molar refractivity (Wildman–Crippen MR) is 107 cm³/mol. The Morgan fingerprint density at radius 3 is 2.46 bits per heavy atom. The van der Waals surface area contributed by atoms with Crippen molar-refractivity contribution in [1.29, 1.82) is 0 Å². The summed E-state index contributed by atoms with van der Waals surface area (Å²) in [5, 5.41) is 0. The molecule has 0 spiro atoms. The van der Waals surface area contributed by atoms with E-state index in [4.69, 9.17) is 4.74 Å². The highest BCUT2D eigenvalue weighted by Gasteiger charge is 2.38. The van der Waals surface area contributed by atoms with Crippen molar-refractivity contribution in [3.63, 3.8) is 0 Å². The zero-order valence-corrected chi connectivity index (χ0v) is 16.7. The molecule has 0 aliphatic heterocycles. The third kappa shape index (κ3) is 5.34. The monoisotopic (exact) mass is 356 g/mol. The largest absolute Gasteiger partial charge is 0.426 e. The number of rotatable bonds is 7. The number of hydrogen-bond acceptors (Lipinski definition) is 2. The van der Waals surface area contributed by atoms with Crippen molar-refractivity contribution >= 4 is 5.97 Å². The van der Waals surface area contributed by atoms with E-state index in [9.17, 15) is 4.79 Å². The highest BCUT2D eigenvalue weighted by Crippen LogP contribution is 2.46. The molecule has 0 amide bonds. The Morgan fingerprint density at radius 2 is 1.69 bits per heavy atom. The van der Waals surface area contributed by atoms with Crippen LogP contribution in [0.3, 0.4) is 0 Å². The van der Waals surface area contributed by atoms with Crippen LogP contribution in [-0.4, -0.2) is 5.97 Å². The van der Waals surface area contributed by atoms with E-state index in [1.54, 1.807) is 0 Å². The smallest absolute Gasteiger partial charge is 0.314 e. The molecule has 26 heavy (non-hydrogen) atoms. The Labute approximate surface area is 159 Å². The quantitative estimate of drug-likeness (QED) is 0.308. The molecule has 4 unspecified atom stereocenters. The van der Waals surface area contributed by atoms with Gasteiger partial charge in [-0.3, -0.25) is 4.79 Å². The summed E-state index contributed by atoms with van der Waals surface area (Å²) < 4.78 is 5.65.